The highest BCUT2D eigenvalue weighted by Gasteiger charge is 2.30. The lowest BCUT2D eigenvalue weighted by Crippen LogP contribution is -2.47. The number of rotatable bonds is 4. The van der Waals surface area contributed by atoms with Gasteiger partial charge in [-0.25, -0.2) is 9.37 Å². The summed E-state index contributed by atoms with van der Waals surface area (Å²) < 4.78 is 24.4. The van der Waals surface area contributed by atoms with Crippen molar-refractivity contribution in [3.05, 3.63) is 66.3 Å². The minimum Gasteiger partial charge on any atom is -0.477 e. The summed E-state index contributed by atoms with van der Waals surface area (Å²) >= 11 is 0. The average Bonchev–Trinajstić information content (AvgIpc) is 3.16. The van der Waals surface area contributed by atoms with Crippen molar-refractivity contribution >= 4 is 11.6 Å². The van der Waals surface area contributed by atoms with E-state index in [9.17, 15) is 9.18 Å². The number of hydrogen-bond donors (Lipinski definition) is 1. The molecule has 1 N–H and O–H groups in total. The molecule has 1 atom stereocenters. The van der Waals surface area contributed by atoms with Crippen molar-refractivity contribution in [3.8, 4) is 17.2 Å². The van der Waals surface area contributed by atoms with Crippen molar-refractivity contribution < 1.29 is 18.3 Å². The predicted molar refractivity (Wildman–Crippen MR) is 97.9 cm³/mol. The SMILES string of the molecule is CNC(=O)[C@@H]1CN(Cc2coc(-c3ccc(F)cc3)n2)c2ccccc2O1. The second-order valence-corrected chi connectivity index (χ2v) is 6.22. The Labute approximate surface area is 155 Å². The zero-order chi connectivity index (χ0) is 18.8. The molecule has 0 saturated heterocycles. The number of nitrogens with one attached hydrogen (secondary N) is 1. The number of aromatic nitrogens is 1. The summed E-state index contributed by atoms with van der Waals surface area (Å²) in [5.41, 5.74) is 2.30. The summed E-state index contributed by atoms with van der Waals surface area (Å²) in [5.74, 6) is 0.589. The minimum atomic E-state index is -0.603. The molecule has 2 heterocycles. The van der Waals surface area contributed by atoms with Crippen LogP contribution in [0, 0.1) is 5.82 Å². The fraction of sp³-hybridized carbons (Fsp3) is 0.200. The molecular weight excluding hydrogens is 349 g/mol. The van der Waals surface area contributed by atoms with Gasteiger partial charge in [0.15, 0.2) is 6.10 Å². The summed E-state index contributed by atoms with van der Waals surface area (Å²) in [5, 5.41) is 2.62. The molecule has 7 heteroatoms. The van der Waals surface area contributed by atoms with Crippen LogP contribution in [0.3, 0.4) is 0 Å². The van der Waals surface area contributed by atoms with Crippen LogP contribution in [0.25, 0.3) is 11.5 Å². The van der Waals surface area contributed by atoms with Gasteiger partial charge in [-0.1, -0.05) is 12.1 Å². The van der Waals surface area contributed by atoms with Crippen molar-refractivity contribution in [2.45, 2.75) is 12.6 Å². The molecule has 2 aromatic carbocycles. The second-order valence-electron chi connectivity index (χ2n) is 6.22. The molecule has 3 aromatic rings. The summed E-state index contributed by atoms with van der Waals surface area (Å²) in [4.78, 5) is 18.6. The van der Waals surface area contributed by atoms with Crippen molar-refractivity contribution in [3.63, 3.8) is 0 Å². The Morgan fingerprint density at radius 3 is 2.81 bits per heavy atom. The zero-order valence-electron chi connectivity index (χ0n) is 14.7. The van der Waals surface area contributed by atoms with Gasteiger partial charge in [0, 0.05) is 12.6 Å². The van der Waals surface area contributed by atoms with Crippen molar-refractivity contribution in [1.29, 1.82) is 0 Å². The highest BCUT2D eigenvalue weighted by molar-refractivity contribution is 5.83. The molecule has 0 spiro atoms. The predicted octanol–water partition coefficient (Wildman–Crippen LogP) is 2.99. The average molecular weight is 367 g/mol. The number of likely N-dealkylation sites (N-methyl/N-ethyl adjacent to an activating group) is 1. The van der Waals surface area contributed by atoms with E-state index in [2.05, 4.69) is 10.3 Å². The summed E-state index contributed by atoms with van der Waals surface area (Å²) in [6.07, 6.45) is 0.972. The monoisotopic (exact) mass is 367 g/mol. The van der Waals surface area contributed by atoms with Gasteiger partial charge in [-0.3, -0.25) is 4.79 Å². The highest BCUT2D eigenvalue weighted by Crippen LogP contribution is 2.34. The van der Waals surface area contributed by atoms with E-state index in [0.717, 1.165) is 5.69 Å². The minimum absolute atomic E-state index is 0.179. The first kappa shape index (κ1) is 17.1. The number of amides is 1. The lowest BCUT2D eigenvalue weighted by Gasteiger charge is -2.34. The number of carbonyl (C=O) groups is 1. The van der Waals surface area contributed by atoms with Gasteiger partial charge in [-0.05, 0) is 36.4 Å². The van der Waals surface area contributed by atoms with Gasteiger partial charge in [0.2, 0.25) is 5.89 Å². The number of oxazole rings is 1. The van der Waals surface area contributed by atoms with Gasteiger partial charge in [-0.2, -0.15) is 0 Å². The number of para-hydroxylation sites is 2. The second kappa shape index (κ2) is 7.11. The van der Waals surface area contributed by atoms with Crippen molar-refractivity contribution in [2.75, 3.05) is 18.5 Å². The number of ether oxygens (including phenoxy) is 1. The summed E-state index contributed by atoms with van der Waals surface area (Å²) in [7, 11) is 1.59. The van der Waals surface area contributed by atoms with Crippen LogP contribution in [0.4, 0.5) is 10.1 Å². The third-order valence-corrected chi connectivity index (χ3v) is 4.40. The Hall–Kier alpha value is -3.35. The molecule has 0 saturated carbocycles. The molecule has 1 aliphatic rings. The first-order chi connectivity index (χ1) is 13.1. The largest absolute Gasteiger partial charge is 0.477 e. The zero-order valence-corrected chi connectivity index (χ0v) is 14.7. The van der Waals surface area contributed by atoms with Crippen LogP contribution in [0.5, 0.6) is 5.75 Å². The topological polar surface area (TPSA) is 67.6 Å². The molecule has 6 nitrogen and oxygen atoms in total. The van der Waals surface area contributed by atoms with Crippen LogP contribution < -0.4 is 15.0 Å². The van der Waals surface area contributed by atoms with Gasteiger partial charge < -0.3 is 19.4 Å². The molecule has 27 heavy (non-hydrogen) atoms. The maximum atomic E-state index is 13.1. The number of halogens is 1. The van der Waals surface area contributed by atoms with Gasteiger partial charge in [0.1, 0.15) is 17.8 Å². The molecule has 4 rings (SSSR count). The molecule has 1 aromatic heterocycles. The van der Waals surface area contributed by atoms with E-state index >= 15 is 0 Å². The quantitative estimate of drug-likeness (QED) is 0.768. The first-order valence-electron chi connectivity index (χ1n) is 8.56. The molecule has 1 aliphatic heterocycles. The van der Waals surface area contributed by atoms with E-state index in [1.165, 1.54) is 12.1 Å². The number of carbonyl (C=O) groups excluding carboxylic acids is 1. The van der Waals surface area contributed by atoms with Crippen molar-refractivity contribution in [2.24, 2.45) is 0 Å². The van der Waals surface area contributed by atoms with Gasteiger partial charge in [-0.15, -0.1) is 0 Å². The van der Waals surface area contributed by atoms with Crippen LogP contribution in [0.2, 0.25) is 0 Å². The van der Waals surface area contributed by atoms with E-state index in [-0.39, 0.29) is 11.7 Å². The van der Waals surface area contributed by atoms with Crippen LogP contribution in [-0.2, 0) is 11.3 Å². The Kier molecular flexibility index (Phi) is 4.50. The Morgan fingerprint density at radius 2 is 2.04 bits per heavy atom. The van der Waals surface area contributed by atoms with E-state index in [1.807, 2.05) is 29.2 Å². The van der Waals surface area contributed by atoms with Crippen LogP contribution in [0.15, 0.2) is 59.2 Å². The number of hydrogen-bond acceptors (Lipinski definition) is 5. The van der Waals surface area contributed by atoms with E-state index in [1.54, 1.807) is 25.4 Å². The number of nitrogens with zero attached hydrogens (tertiary/aromatic N) is 2. The molecule has 0 unspecified atom stereocenters. The van der Waals surface area contributed by atoms with Crippen molar-refractivity contribution in [1.82, 2.24) is 10.3 Å². The number of benzene rings is 2. The maximum absolute atomic E-state index is 13.1. The lowest BCUT2D eigenvalue weighted by atomic mass is 10.1. The summed E-state index contributed by atoms with van der Waals surface area (Å²) in [6.45, 7) is 0.855. The third-order valence-electron chi connectivity index (χ3n) is 4.40. The standard InChI is InChI=1S/C20H18FN3O3/c1-22-19(25)18-11-24(16-4-2-3-5-17(16)27-18)10-15-12-26-20(23-15)13-6-8-14(21)9-7-13/h2-9,12,18H,10-11H2,1H3,(H,22,25)/t18-/m0/s1. The van der Waals surface area contributed by atoms with Gasteiger partial charge in [0.25, 0.3) is 5.91 Å². The normalized spacial score (nSPS) is 15.8. The Balaban J connectivity index is 1.58. The number of anilines is 1. The van der Waals surface area contributed by atoms with Crippen LogP contribution in [0.1, 0.15) is 5.69 Å². The molecule has 0 radical (unpaired) electrons. The lowest BCUT2D eigenvalue weighted by molar-refractivity contribution is -0.127. The van der Waals surface area contributed by atoms with Gasteiger partial charge in [0.05, 0.1) is 24.5 Å². The molecular formula is C20H18FN3O3. The van der Waals surface area contributed by atoms with E-state index in [0.29, 0.717) is 36.0 Å². The maximum Gasteiger partial charge on any atom is 0.262 e. The van der Waals surface area contributed by atoms with Crippen LogP contribution in [-0.4, -0.2) is 30.6 Å². The van der Waals surface area contributed by atoms with Gasteiger partial charge >= 0.3 is 0 Å². The first-order valence-corrected chi connectivity index (χ1v) is 8.56. The molecule has 0 fully saturated rings. The molecule has 138 valence electrons. The van der Waals surface area contributed by atoms with Crippen LogP contribution >= 0.6 is 0 Å². The Morgan fingerprint density at radius 1 is 1.26 bits per heavy atom. The Bertz CT molecular complexity index is 955. The number of fused-ring (bicyclic) bond motifs is 1. The fourth-order valence-corrected chi connectivity index (χ4v) is 3.05. The smallest absolute Gasteiger partial charge is 0.262 e. The third kappa shape index (κ3) is 3.48. The molecule has 0 bridgehead atoms. The fourth-order valence-electron chi connectivity index (χ4n) is 3.05. The molecule has 0 aliphatic carbocycles. The molecule has 1 amide bonds. The van der Waals surface area contributed by atoms with E-state index < -0.39 is 6.10 Å². The highest BCUT2D eigenvalue weighted by atomic mass is 19.1. The summed E-state index contributed by atoms with van der Waals surface area (Å²) in [6, 6.07) is 13.5. The van der Waals surface area contributed by atoms with E-state index in [4.69, 9.17) is 9.15 Å².